The molecule has 0 saturated heterocycles. The molecule has 0 fully saturated rings. The van der Waals surface area contributed by atoms with E-state index >= 15 is 0 Å². The number of pyridine rings is 1. The normalized spacial score (nSPS) is 12.6. The van der Waals surface area contributed by atoms with E-state index in [0.717, 1.165) is 4.68 Å². The van der Waals surface area contributed by atoms with E-state index in [1.807, 2.05) is 0 Å². The number of aromatic nitrogens is 3. The van der Waals surface area contributed by atoms with Crippen molar-refractivity contribution in [2.75, 3.05) is 3.53 Å². The minimum absolute atomic E-state index is 0.0640. The molecule has 0 aliphatic heterocycles. The number of halogens is 9. The number of rotatable bonds is 2. The van der Waals surface area contributed by atoms with E-state index < -0.39 is 33.7 Å². The summed E-state index contributed by atoms with van der Waals surface area (Å²) in [6.45, 7) is 1.36. The first-order chi connectivity index (χ1) is 12.8. The van der Waals surface area contributed by atoms with Crippen LogP contribution in [0.4, 0.5) is 32.2 Å². The third-order valence-corrected chi connectivity index (χ3v) is 4.78. The molecule has 1 aromatic carbocycles. The van der Waals surface area contributed by atoms with Gasteiger partial charge in [0.1, 0.15) is 11.5 Å². The maximum atomic E-state index is 13.5. The van der Waals surface area contributed by atoms with Crippen LogP contribution in [-0.4, -0.2) is 14.8 Å². The van der Waals surface area contributed by atoms with Gasteiger partial charge in [-0.25, -0.2) is 9.67 Å². The molecule has 150 valence electrons. The topological polar surface area (TPSA) is 42.7 Å². The summed E-state index contributed by atoms with van der Waals surface area (Å²) in [5.74, 6) is -0.181. The Morgan fingerprint density at radius 3 is 2.04 bits per heavy atom. The van der Waals surface area contributed by atoms with Crippen molar-refractivity contribution < 1.29 is 26.3 Å². The van der Waals surface area contributed by atoms with Gasteiger partial charge in [-0.3, -0.25) is 0 Å². The van der Waals surface area contributed by atoms with E-state index in [0.29, 0.717) is 12.1 Å². The standard InChI is InChI=1S/C15H7Cl2F6IN4/c1-5-2-9-10(12(25-5)15(21,22)23)13(26-24)28(27-9)11-7(16)3-6(4-8(11)17)14(18,19)20/h2-4,26H,1H3. The number of nitrogens with zero attached hydrogens (tertiary/aromatic N) is 3. The average Bonchev–Trinajstić information content (AvgIpc) is 2.89. The number of benzene rings is 1. The molecule has 1 N–H and O–H groups in total. The zero-order valence-electron chi connectivity index (χ0n) is 13.5. The van der Waals surface area contributed by atoms with E-state index in [-0.39, 0.29) is 28.1 Å². The summed E-state index contributed by atoms with van der Waals surface area (Å²) in [4.78, 5) is 3.54. The lowest BCUT2D eigenvalue weighted by Gasteiger charge is -2.14. The lowest BCUT2D eigenvalue weighted by molar-refractivity contribution is -0.140. The minimum Gasteiger partial charge on any atom is -0.312 e. The quantitative estimate of drug-likeness (QED) is 0.214. The van der Waals surface area contributed by atoms with Gasteiger partial charge in [-0.1, -0.05) is 23.2 Å². The second-order valence-electron chi connectivity index (χ2n) is 5.65. The number of anilines is 1. The van der Waals surface area contributed by atoms with Crippen LogP contribution in [0.15, 0.2) is 18.2 Å². The molecule has 0 saturated carbocycles. The molecule has 13 heteroatoms. The first-order valence-electron chi connectivity index (χ1n) is 7.25. The second kappa shape index (κ2) is 7.10. The number of fused-ring (bicyclic) bond motifs is 1. The van der Waals surface area contributed by atoms with E-state index in [2.05, 4.69) is 13.6 Å². The van der Waals surface area contributed by atoms with Crippen LogP contribution in [0.1, 0.15) is 17.0 Å². The van der Waals surface area contributed by atoms with Gasteiger partial charge in [0.15, 0.2) is 5.69 Å². The van der Waals surface area contributed by atoms with Gasteiger partial charge in [0.05, 0.1) is 49.4 Å². The van der Waals surface area contributed by atoms with Crippen LogP contribution < -0.4 is 3.53 Å². The van der Waals surface area contributed by atoms with Gasteiger partial charge in [0.25, 0.3) is 0 Å². The predicted molar refractivity (Wildman–Crippen MR) is 101 cm³/mol. The molecule has 2 aromatic heterocycles. The lowest BCUT2D eigenvalue weighted by Crippen LogP contribution is -2.10. The molecule has 0 amide bonds. The average molecular weight is 555 g/mol. The van der Waals surface area contributed by atoms with Gasteiger partial charge >= 0.3 is 12.4 Å². The summed E-state index contributed by atoms with van der Waals surface area (Å²) in [6.07, 6.45) is -9.48. The van der Waals surface area contributed by atoms with E-state index in [9.17, 15) is 26.3 Å². The molecule has 0 aliphatic carbocycles. The molecule has 0 radical (unpaired) electrons. The monoisotopic (exact) mass is 554 g/mol. The van der Waals surface area contributed by atoms with Crippen LogP contribution in [0, 0.1) is 6.92 Å². The summed E-state index contributed by atoms with van der Waals surface area (Å²) in [7, 11) is 0. The lowest BCUT2D eigenvalue weighted by atomic mass is 10.2. The molecule has 3 rings (SSSR count). The largest absolute Gasteiger partial charge is 0.434 e. The first kappa shape index (κ1) is 21.2. The summed E-state index contributed by atoms with van der Waals surface area (Å²) in [6, 6.07) is 2.56. The molecule has 0 aliphatic rings. The minimum atomic E-state index is -4.78. The van der Waals surface area contributed by atoms with Gasteiger partial charge in [0, 0.05) is 5.69 Å². The van der Waals surface area contributed by atoms with Crippen LogP contribution in [0.2, 0.25) is 10.0 Å². The molecule has 2 heterocycles. The highest BCUT2D eigenvalue weighted by molar-refractivity contribution is 14.1. The zero-order valence-corrected chi connectivity index (χ0v) is 17.1. The molecule has 0 spiro atoms. The van der Waals surface area contributed by atoms with Crippen LogP contribution in [0.3, 0.4) is 0 Å². The molecule has 3 aromatic rings. The Morgan fingerprint density at radius 2 is 1.57 bits per heavy atom. The number of hydrogen-bond donors (Lipinski definition) is 1. The van der Waals surface area contributed by atoms with Gasteiger partial charge in [-0.2, -0.15) is 31.4 Å². The van der Waals surface area contributed by atoms with Gasteiger partial charge < -0.3 is 3.53 Å². The molecule has 0 atom stereocenters. The molecule has 0 bridgehead atoms. The molecule has 4 nitrogen and oxygen atoms in total. The van der Waals surface area contributed by atoms with Gasteiger partial charge in [0.2, 0.25) is 0 Å². The Balaban J connectivity index is 2.37. The van der Waals surface area contributed by atoms with Crippen molar-refractivity contribution in [3.63, 3.8) is 0 Å². The SMILES string of the molecule is Cc1cc2nn(-c3c(Cl)cc(C(F)(F)F)cc3Cl)c(NI)c2c(C(F)(F)F)n1. The van der Waals surface area contributed by atoms with E-state index in [1.54, 1.807) is 22.9 Å². The third kappa shape index (κ3) is 3.71. The highest BCUT2D eigenvalue weighted by atomic mass is 127. The van der Waals surface area contributed by atoms with Crippen LogP contribution in [0.5, 0.6) is 0 Å². The maximum Gasteiger partial charge on any atom is 0.434 e. The van der Waals surface area contributed by atoms with Crippen molar-refractivity contribution in [1.29, 1.82) is 0 Å². The smallest absolute Gasteiger partial charge is 0.312 e. The van der Waals surface area contributed by atoms with Gasteiger partial charge in [-0.15, -0.1) is 0 Å². The van der Waals surface area contributed by atoms with Crippen molar-refractivity contribution in [1.82, 2.24) is 14.8 Å². The summed E-state index contributed by atoms with van der Waals surface area (Å²) < 4.78 is 82.7. The van der Waals surface area contributed by atoms with Crippen LogP contribution >= 0.6 is 46.1 Å². The second-order valence-corrected chi connectivity index (χ2v) is 7.00. The third-order valence-electron chi connectivity index (χ3n) is 3.70. The number of hydrogen-bond acceptors (Lipinski definition) is 3. The summed E-state index contributed by atoms with van der Waals surface area (Å²) in [5, 5.41) is 2.84. The highest BCUT2D eigenvalue weighted by Gasteiger charge is 2.38. The van der Waals surface area contributed by atoms with Crippen LogP contribution in [0.25, 0.3) is 16.6 Å². The van der Waals surface area contributed by atoms with E-state index in [1.165, 1.54) is 13.0 Å². The van der Waals surface area contributed by atoms with E-state index in [4.69, 9.17) is 23.2 Å². The van der Waals surface area contributed by atoms with Crippen LogP contribution in [-0.2, 0) is 12.4 Å². The van der Waals surface area contributed by atoms with Crippen molar-refractivity contribution in [3.05, 3.63) is 45.2 Å². The number of aryl methyl sites for hydroxylation is 1. The Kier molecular flexibility index (Phi) is 5.38. The molecular weight excluding hydrogens is 548 g/mol. The summed E-state index contributed by atoms with van der Waals surface area (Å²) >= 11 is 13.5. The molecular formula is C15H7Cl2F6IN4. The van der Waals surface area contributed by atoms with Crippen molar-refractivity contribution in [2.24, 2.45) is 0 Å². The highest BCUT2D eigenvalue weighted by Crippen LogP contribution is 2.42. The molecule has 28 heavy (non-hydrogen) atoms. The first-order valence-corrected chi connectivity index (χ1v) is 9.09. The fourth-order valence-electron chi connectivity index (χ4n) is 2.62. The number of alkyl halides is 6. The van der Waals surface area contributed by atoms with Crippen molar-refractivity contribution in [3.8, 4) is 5.69 Å². The Hall–Kier alpha value is -1.47. The number of nitrogens with one attached hydrogen (secondary N) is 1. The Morgan fingerprint density at radius 1 is 1.00 bits per heavy atom. The fourth-order valence-corrected chi connectivity index (χ4v) is 3.76. The molecule has 0 unspecified atom stereocenters. The van der Waals surface area contributed by atoms with Gasteiger partial charge in [-0.05, 0) is 25.1 Å². The maximum absolute atomic E-state index is 13.5. The predicted octanol–water partition coefficient (Wildman–Crippen LogP) is 6.84. The Labute approximate surface area is 177 Å². The fraction of sp³-hybridized carbons (Fsp3) is 0.200. The zero-order chi connectivity index (χ0) is 21.0. The van der Waals surface area contributed by atoms with Crippen molar-refractivity contribution >= 4 is 62.8 Å². The Bertz CT molecular complexity index is 1050. The summed E-state index contributed by atoms with van der Waals surface area (Å²) in [5.41, 5.74) is -2.50. The van der Waals surface area contributed by atoms with Crippen molar-refractivity contribution in [2.45, 2.75) is 19.3 Å².